The summed E-state index contributed by atoms with van der Waals surface area (Å²) < 4.78 is 11.5. The van der Waals surface area contributed by atoms with E-state index in [9.17, 15) is 4.79 Å². The molecule has 0 radical (unpaired) electrons. The van der Waals surface area contributed by atoms with Crippen molar-refractivity contribution in [3.63, 3.8) is 0 Å². The largest absolute Gasteiger partial charge is 0.496 e. The number of carbonyl (C=O) groups excluding carboxylic acids is 1. The maximum absolute atomic E-state index is 13.2. The maximum atomic E-state index is 13.2. The second-order valence-electron chi connectivity index (χ2n) is 8.34. The molecule has 5 nitrogen and oxygen atoms in total. The molecule has 1 heterocycles. The molecule has 0 atom stereocenters. The van der Waals surface area contributed by atoms with Gasteiger partial charge < -0.3 is 19.3 Å². The van der Waals surface area contributed by atoms with E-state index in [4.69, 9.17) is 21.1 Å². The number of ether oxygens (including phenoxy) is 2. The highest BCUT2D eigenvalue weighted by molar-refractivity contribution is 6.30. The van der Waals surface area contributed by atoms with Crippen molar-refractivity contribution in [1.82, 2.24) is 4.90 Å². The summed E-state index contributed by atoms with van der Waals surface area (Å²) in [7, 11) is 1.63. The molecule has 0 N–H and O–H groups in total. The van der Waals surface area contributed by atoms with Crippen molar-refractivity contribution in [3.8, 4) is 11.5 Å². The second-order valence-corrected chi connectivity index (χ2v) is 8.78. The van der Waals surface area contributed by atoms with Crippen LogP contribution in [0.2, 0.25) is 5.02 Å². The van der Waals surface area contributed by atoms with Gasteiger partial charge in [0, 0.05) is 48.0 Å². The van der Waals surface area contributed by atoms with Crippen LogP contribution in [-0.2, 0) is 6.61 Å². The van der Waals surface area contributed by atoms with Crippen LogP contribution in [0.15, 0.2) is 60.7 Å². The standard InChI is InChI=1S/C27H29ClN2O3/c1-19-5-4-6-24(15-19)33-18-22-16-21(8-10-26(22)32-3)27(31)30-13-11-29(12-14-30)25-17-23(28)9-7-20(25)2/h4-10,15-17H,11-14,18H2,1-3H3. The number of hydrogen-bond donors (Lipinski definition) is 0. The SMILES string of the molecule is COc1ccc(C(=O)N2CCN(c3cc(Cl)ccc3C)CC2)cc1COc1cccc(C)c1. The predicted molar refractivity (Wildman–Crippen MR) is 133 cm³/mol. The molecule has 4 rings (SSSR count). The van der Waals surface area contributed by atoms with Gasteiger partial charge in [-0.15, -0.1) is 0 Å². The third kappa shape index (κ3) is 5.42. The van der Waals surface area contributed by atoms with Gasteiger partial charge in [0.05, 0.1) is 7.11 Å². The average Bonchev–Trinajstić information content (AvgIpc) is 2.84. The molecule has 0 bridgehead atoms. The fourth-order valence-electron chi connectivity index (χ4n) is 4.15. The Balaban J connectivity index is 1.44. The molecule has 3 aromatic carbocycles. The van der Waals surface area contributed by atoms with Crippen LogP contribution < -0.4 is 14.4 Å². The van der Waals surface area contributed by atoms with Crippen LogP contribution >= 0.6 is 11.6 Å². The van der Waals surface area contributed by atoms with Gasteiger partial charge in [-0.05, 0) is 67.4 Å². The summed E-state index contributed by atoms with van der Waals surface area (Å²) in [5, 5.41) is 0.729. The molecule has 172 valence electrons. The van der Waals surface area contributed by atoms with E-state index in [0.717, 1.165) is 40.7 Å². The van der Waals surface area contributed by atoms with Crippen LogP contribution in [0.1, 0.15) is 27.0 Å². The minimum atomic E-state index is 0.0249. The second kappa shape index (κ2) is 10.2. The first kappa shape index (κ1) is 23.0. The molecule has 0 aromatic heterocycles. The number of methoxy groups -OCH3 is 1. The zero-order chi connectivity index (χ0) is 23.4. The predicted octanol–water partition coefficient (Wildman–Crippen LogP) is 5.51. The number of halogens is 1. The number of piperazine rings is 1. The van der Waals surface area contributed by atoms with Gasteiger partial charge in [0.25, 0.3) is 5.91 Å². The highest BCUT2D eigenvalue weighted by Gasteiger charge is 2.24. The van der Waals surface area contributed by atoms with Gasteiger partial charge in [0.1, 0.15) is 18.1 Å². The maximum Gasteiger partial charge on any atom is 0.253 e. The molecule has 33 heavy (non-hydrogen) atoms. The molecule has 1 amide bonds. The van der Waals surface area contributed by atoms with Gasteiger partial charge >= 0.3 is 0 Å². The monoisotopic (exact) mass is 464 g/mol. The third-order valence-electron chi connectivity index (χ3n) is 5.99. The van der Waals surface area contributed by atoms with E-state index >= 15 is 0 Å². The van der Waals surface area contributed by atoms with E-state index in [1.807, 2.05) is 72.5 Å². The van der Waals surface area contributed by atoms with Crippen LogP contribution in [0.5, 0.6) is 11.5 Å². The van der Waals surface area contributed by atoms with Gasteiger partial charge in [-0.3, -0.25) is 4.79 Å². The minimum absolute atomic E-state index is 0.0249. The van der Waals surface area contributed by atoms with Crippen LogP contribution in [0.25, 0.3) is 0 Å². The highest BCUT2D eigenvalue weighted by Crippen LogP contribution is 2.27. The fraction of sp³-hybridized carbons (Fsp3) is 0.296. The molecule has 0 spiro atoms. The van der Waals surface area contributed by atoms with Gasteiger partial charge in [0.2, 0.25) is 0 Å². The van der Waals surface area contributed by atoms with E-state index in [-0.39, 0.29) is 5.91 Å². The third-order valence-corrected chi connectivity index (χ3v) is 6.23. The molecule has 3 aromatic rings. The number of hydrogen-bond acceptors (Lipinski definition) is 4. The molecule has 0 unspecified atom stereocenters. The Labute approximate surface area is 200 Å². The van der Waals surface area contributed by atoms with Crippen molar-refractivity contribution in [2.45, 2.75) is 20.5 Å². The molecule has 0 saturated carbocycles. The summed E-state index contributed by atoms with van der Waals surface area (Å²) in [5.74, 6) is 1.53. The molecule has 6 heteroatoms. The summed E-state index contributed by atoms with van der Waals surface area (Å²) in [6.45, 7) is 7.30. The summed E-state index contributed by atoms with van der Waals surface area (Å²) >= 11 is 6.20. The van der Waals surface area contributed by atoms with Crippen LogP contribution in [-0.4, -0.2) is 44.1 Å². The highest BCUT2D eigenvalue weighted by atomic mass is 35.5. The van der Waals surface area contributed by atoms with E-state index < -0.39 is 0 Å². The first-order chi connectivity index (χ1) is 15.9. The molecular weight excluding hydrogens is 436 g/mol. The van der Waals surface area contributed by atoms with Crippen molar-refractivity contribution in [2.75, 3.05) is 38.2 Å². The smallest absolute Gasteiger partial charge is 0.253 e. The number of carbonyl (C=O) groups is 1. The van der Waals surface area contributed by atoms with Gasteiger partial charge in [-0.1, -0.05) is 29.8 Å². The Morgan fingerprint density at radius 1 is 0.970 bits per heavy atom. The van der Waals surface area contributed by atoms with Crippen LogP contribution in [0.3, 0.4) is 0 Å². The Kier molecular flexibility index (Phi) is 7.09. The van der Waals surface area contributed by atoms with E-state index in [0.29, 0.717) is 31.0 Å². The lowest BCUT2D eigenvalue weighted by Gasteiger charge is -2.37. The summed E-state index contributed by atoms with van der Waals surface area (Å²) in [6.07, 6.45) is 0. The van der Waals surface area contributed by atoms with Crippen molar-refractivity contribution in [1.29, 1.82) is 0 Å². The fourth-order valence-corrected chi connectivity index (χ4v) is 4.31. The van der Waals surface area contributed by atoms with Crippen molar-refractivity contribution in [3.05, 3.63) is 87.9 Å². The number of amides is 1. The molecule has 1 aliphatic rings. The lowest BCUT2D eigenvalue weighted by atomic mass is 10.1. The Morgan fingerprint density at radius 2 is 1.76 bits per heavy atom. The Bertz CT molecular complexity index is 1140. The molecule has 0 aliphatic carbocycles. The zero-order valence-corrected chi connectivity index (χ0v) is 20.1. The lowest BCUT2D eigenvalue weighted by Crippen LogP contribution is -2.49. The lowest BCUT2D eigenvalue weighted by molar-refractivity contribution is 0.0746. The van der Waals surface area contributed by atoms with E-state index in [1.54, 1.807) is 7.11 Å². The zero-order valence-electron chi connectivity index (χ0n) is 19.3. The molecule has 1 aliphatic heterocycles. The average molecular weight is 465 g/mol. The topological polar surface area (TPSA) is 42.0 Å². The first-order valence-electron chi connectivity index (χ1n) is 11.1. The van der Waals surface area contributed by atoms with Crippen molar-refractivity contribution < 1.29 is 14.3 Å². The van der Waals surface area contributed by atoms with Crippen LogP contribution in [0, 0.1) is 13.8 Å². The van der Waals surface area contributed by atoms with E-state index in [2.05, 4.69) is 11.8 Å². The van der Waals surface area contributed by atoms with Crippen LogP contribution in [0.4, 0.5) is 5.69 Å². The molecule has 1 saturated heterocycles. The number of benzene rings is 3. The first-order valence-corrected chi connectivity index (χ1v) is 11.5. The minimum Gasteiger partial charge on any atom is -0.496 e. The van der Waals surface area contributed by atoms with Crippen molar-refractivity contribution in [2.24, 2.45) is 0 Å². The van der Waals surface area contributed by atoms with Gasteiger partial charge in [-0.2, -0.15) is 0 Å². The Hall–Kier alpha value is -3.18. The number of anilines is 1. The van der Waals surface area contributed by atoms with E-state index in [1.165, 1.54) is 5.56 Å². The van der Waals surface area contributed by atoms with Crippen molar-refractivity contribution >= 4 is 23.2 Å². The van der Waals surface area contributed by atoms with Gasteiger partial charge in [-0.25, -0.2) is 0 Å². The molecular formula is C27H29ClN2O3. The number of nitrogens with zero attached hydrogens (tertiary/aromatic N) is 2. The Morgan fingerprint density at radius 3 is 2.48 bits per heavy atom. The molecule has 1 fully saturated rings. The summed E-state index contributed by atoms with van der Waals surface area (Å²) in [5.41, 5.74) is 4.95. The quantitative estimate of drug-likeness (QED) is 0.482. The number of aryl methyl sites for hydroxylation is 2. The van der Waals surface area contributed by atoms with Gasteiger partial charge in [0.15, 0.2) is 0 Å². The summed E-state index contributed by atoms with van der Waals surface area (Å²) in [6, 6.07) is 19.4. The number of rotatable bonds is 6. The summed E-state index contributed by atoms with van der Waals surface area (Å²) in [4.78, 5) is 17.4. The normalized spacial score (nSPS) is 13.7.